The van der Waals surface area contributed by atoms with Crippen molar-refractivity contribution < 1.29 is 27.8 Å². The predicted octanol–water partition coefficient (Wildman–Crippen LogP) is 4.24. The summed E-state index contributed by atoms with van der Waals surface area (Å²) >= 11 is 0. The predicted molar refractivity (Wildman–Crippen MR) is 108 cm³/mol. The fourth-order valence-electron chi connectivity index (χ4n) is 2.57. The zero-order chi connectivity index (χ0) is 21.5. The van der Waals surface area contributed by atoms with E-state index in [4.69, 9.17) is 9.47 Å². The number of ether oxygens (including phenoxy) is 2. The highest BCUT2D eigenvalue weighted by atomic mass is 19.1. The molecule has 0 fully saturated rings. The van der Waals surface area contributed by atoms with E-state index in [9.17, 15) is 18.4 Å². The van der Waals surface area contributed by atoms with Crippen LogP contribution in [0.3, 0.4) is 0 Å². The van der Waals surface area contributed by atoms with Crippen LogP contribution < -0.4 is 20.1 Å². The summed E-state index contributed by atoms with van der Waals surface area (Å²) in [5.74, 6) is -1.27. The van der Waals surface area contributed by atoms with Crippen molar-refractivity contribution in [3.8, 4) is 11.5 Å². The fourth-order valence-corrected chi connectivity index (χ4v) is 2.57. The maximum absolute atomic E-state index is 13.3. The molecule has 3 aromatic rings. The lowest BCUT2D eigenvalue weighted by molar-refractivity contribution is -0.118. The molecule has 0 unspecified atom stereocenters. The van der Waals surface area contributed by atoms with Gasteiger partial charge in [0.15, 0.2) is 18.1 Å². The van der Waals surface area contributed by atoms with E-state index in [0.29, 0.717) is 11.4 Å². The highest BCUT2D eigenvalue weighted by Crippen LogP contribution is 2.28. The number of halogens is 2. The van der Waals surface area contributed by atoms with Crippen LogP contribution in [0, 0.1) is 11.6 Å². The summed E-state index contributed by atoms with van der Waals surface area (Å²) in [7, 11) is 1.40. The minimum atomic E-state index is -0.465. The van der Waals surface area contributed by atoms with Gasteiger partial charge >= 0.3 is 0 Å². The van der Waals surface area contributed by atoms with Crippen molar-refractivity contribution >= 4 is 23.2 Å². The molecular weight excluding hydrogens is 394 g/mol. The average Bonchev–Trinajstić information content (AvgIpc) is 2.73. The Labute approximate surface area is 171 Å². The Morgan fingerprint density at radius 1 is 0.833 bits per heavy atom. The van der Waals surface area contributed by atoms with Crippen molar-refractivity contribution in [3.63, 3.8) is 0 Å². The number of anilines is 2. The summed E-state index contributed by atoms with van der Waals surface area (Å²) in [6, 6.07) is 15.3. The quantitative estimate of drug-likeness (QED) is 0.609. The van der Waals surface area contributed by atoms with Crippen molar-refractivity contribution in [2.24, 2.45) is 0 Å². The number of methoxy groups -OCH3 is 1. The molecule has 2 amide bonds. The summed E-state index contributed by atoms with van der Waals surface area (Å²) in [6.45, 7) is -0.317. The number of hydrogen-bond donors (Lipinski definition) is 2. The summed E-state index contributed by atoms with van der Waals surface area (Å²) < 4.78 is 36.9. The number of hydrogen-bond acceptors (Lipinski definition) is 4. The van der Waals surface area contributed by atoms with Crippen LogP contribution in [0.1, 0.15) is 10.4 Å². The summed E-state index contributed by atoms with van der Waals surface area (Å²) in [4.78, 5) is 24.4. The smallest absolute Gasteiger partial charge is 0.262 e. The van der Waals surface area contributed by atoms with Gasteiger partial charge in [0.2, 0.25) is 0 Å². The summed E-state index contributed by atoms with van der Waals surface area (Å²) in [5, 5.41) is 5.16. The molecule has 0 aliphatic rings. The van der Waals surface area contributed by atoms with Gasteiger partial charge in [0.25, 0.3) is 11.8 Å². The maximum Gasteiger partial charge on any atom is 0.262 e. The van der Waals surface area contributed by atoms with Crippen molar-refractivity contribution in [2.75, 3.05) is 24.4 Å². The molecule has 0 bridgehead atoms. The minimum Gasteiger partial charge on any atom is -0.493 e. The van der Waals surface area contributed by atoms with E-state index in [1.54, 1.807) is 6.07 Å². The van der Waals surface area contributed by atoms with E-state index < -0.39 is 23.4 Å². The largest absolute Gasteiger partial charge is 0.493 e. The Hall–Kier alpha value is -3.94. The first-order chi connectivity index (χ1) is 14.4. The topological polar surface area (TPSA) is 76.7 Å². The van der Waals surface area contributed by atoms with Crippen LogP contribution in [0.4, 0.5) is 20.2 Å². The molecule has 8 heteroatoms. The van der Waals surface area contributed by atoms with Gasteiger partial charge in [-0.3, -0.25) is 9.59 Å². The molecule has 6 nitrogen and oxygen atoms in total. The van der Waals surface area contributed by atoms with Crippen molar-refractivity contribution in [1.82, 2.24) is 0 Å². The van der Waals surface area contributed by atoms with E-state index >= 15 is 0 Å². The van der Waals surface area contributed by atoms with Gasteiger partial charge in [0.1, 0.15) is 11.6 Å². The first-order valence-corrected chi connectivity index (χ1v) is 8.88. The number of carbonyl (C=O) groups excluding carboxylic acids is 2. The molecule has 0 saturated carbocycles. The Morgan fingerprint density at radius 3 is 2.30 bits per heavy atom. The normalized spacial score (nSPS) is 10.2. The fraction of sp³-hybridized carbons (Fsp3) is 0.0909. The first-order valence-electron chi connectivity index (χ1n) is 8.88. The maximum atomic E-state index is 13.3. The van der Waals surface area contributed by atoms with E-state index in [1.165, 1.54) is 67.8 Å². The monoisotopic (exact) mass is 412 g/mol. The van der Waals surface area contributed by atoms with Gasteiger partial charge in [-0.1, -0.05) is 6.07 Å². The van der Waals surface area contributed by atoms with Crippen LogP contribution in [-0.4, -0.2) is 25.5 Å². The lowest BCUT2D eigenvalue weighted by Crippen LogP contribution is -2.20. The third kappa shape index (κ3) is 5.54. The van der Waals surface area contributed by atoms with Crippen LogP contribution in [-0.2, 0) is 4.79 Å². The molecule has 0 aliphatic heterocycles. The summed E-state index contributed by atoms with van der Waals surface area (Å²) in [5.41, 5.74) is 1.01. The van der Waals surface area contributed by atoms with Gasteiger partial charge in [0.05, 0.1) is 7.11 Å². The molecule has 0 aromatic heterocycles. The first kappa shape index (κ1) is 20.8. The standard InChI is InChI=1S/C22H18F2N2O4/c1-29-20-11-14(22(28)26-18-4-2-3-16(24)12-18)5-10-19(20)30-13-21(27)25-17-8-6-15(23)7-9-17/h2-12H,13H2,1H3,(H,25,27)(H,26,28). The average molecular weight is 412 g/mol. The highest BCUT2D eigenvalue weighted by molar-refractivity contribution is 6.04. The van der Waals surface area contributed by atoms with E-state index in [1.807, 2.05) is 0 Å². The van der Waals surface area contributed by atoms with Gasteiger partial charge in [-0.05, 0) is 60.7 Å². The van der Waals surface area contributed by atoms with Gasteiger partial charge in [-0.25, -0.2) is 8.78 Å². The second-order valence-corrected chi connectivity index (χ2v) is 6.17. The van der Waals surface area contributed by atoms with Crippen molar-refractivity contribution in [2.45, 2.75) is 0 Å². The van der Waals surface area contributed by atoms with E-state index in [-0.39, 0.29) is 23.7 Å². The van der Waals surface area contributed by atoms with Crippen molar-refractivity contribution in [3.05, 3.63) is 83.9 Å². The van der Waals surface area contributed by atoms with Gasteiger partial charge < -0.3 is 20.1 Å². The molecule has 0 heterocycles. The molecule has 0 radical (unpaired) electrons. The Morgan fingerprint density at radius 2 is 1.60 bits per heavy atom. The number of rotatable bonds is 7. The molecule has 154 valence electrons. The van der Waals surface area contributed by atoms with Crippen LogP contribution in [0.2, 0.25) is 0 Å². The molecule has 3 aromatic carbocycles. The van der Waals surface area contributed by atoms with Gasteiger partial charge in [0, 0.05) is 16.9 Å². The zero-order valence-electron chi connectivity index (χ0n) is 15.9. The third-order valence-electron chi connectivity index (χ3n) is 4.00. The number of nitrogens with one attached hydrogen (secondary N) is 2. The van der Waals surface area contributed by atoms with Crippen LogP contribution in [0.25, 0.3) is 0 Å². The van der Waals surface area contributed by atoms with Gasteiger partial charge in [-0.15, -0.1) is 0 Å². The second kappa shape index (κ2) is 9.51. The number of amides is 2. The molecule has 0 atom stereocenters. The molecule has 3 rings (SSSR count). The summed E-state index contributed by atoms with van der Waals surface area (Å²) in [6.07, 6.45) is 0. The number of benzene rings is 3. The molecule has 0 saturated heterocycles. The Bertz CT molecular complexity index is 1060. The molecule has 0 aliphatic carbocycles. The Balaban J connectivity index is 1.62. The lowest BCUT2D eigenvalue weighted by Gasteiger charge is -2.12. The third-order valence-corrected chi connectivity index (χ3v) is 4.00. The van der Waals surface area contributed by atoms with Gasteiger partial charge in [-0.2, -0.15) is 0 Å². The van der Waals surface area contributed by atoms with Crippen LogP contribution >= 0.6 is 0 Å². The highest BCUT2D eigenvalue weighted by Gasteiger charge is 2.13. The van der Waals surface area contributed by atoms with Crippen molar-refractivity contribution in [1.29, 1.82) is 0 Å². The molecule has 2 N–H and O–H groups in total. The van der Waals surface area contributed by atoms with Crippen LogP contribution in [0.15, 0.2) is 66.7 Å². The lowest BCUT2D eigenvalue weighted by atomic mass is 10.2. The second-order valence-electron chi connectivity index (χ2n) is 6.17. The SMILES string of the molecule is COc1cc(C(=O)Nc2cccc(F)c2)ccc1OCC(=O)Nc1ccc(F)cc1. The number of carbonyl (C=O) groups is 2. The molecule has 30 heavy (non-hydrogen) atoms. The minimum absolute atomic E-state index is 0.247. The van der Waals surface area contributed by atoms with E-state index in [0.717, 1.165) is 0 Å². The van der Waals surface area contributed by atoms with E-state index in [2.05, 4.69) is 10.6 Å². The zero-order valence-corrected chi connectivity index (χ0v) is 15.9. The van der Waals surface area contributed by atoms with Crippen LogP contribution in [0.5, 0.6) is 11.5 Å². The molecule has 0 spiro atoms. The Kier molecular flexibility index (Phi) is 6.59. The molecular formula is C22H18F2N2O4.